The zero-order chi connectivity index (χ0) is 9.26. The fourth-order valence-electron chi connectivity index (χ4n) is 1.62. The summed E-state index contributed by atoms with van der Waals surface area (Å²) < 4.78 is 0. The summed E-state index contributed by atoms with van der Waals surface area (Å²) in [5, 5.41) is 0. The van der Waals surface area contributed by atoms with Crippen LogP contribution in [0.15, 0.2) is 12.5 Å². The van der Waals surface area contributed by atoms with Crippen LogP contribution in [0.1, 0.15) is 30.1 Å². The number of nitrogens with two attached hydrogens (primary N) is 1. The van der Waals surface area contributed by atoms with Crippen LogP contribution < -0.4 is 11.3 Å². The van der Waals surface area contributed by atoms with Gasteiger partial charge in [-0.15, -0.1) is 0 Å². The largest absolute Gasteiger partial charge is 0.271 e. The molecule has 1 unspecified atom stereocenters. The van der Waals surface area contributed by atoms with Gasteiger partial charge in [-0.25, -0.2) is 9.97 Å². The van der Waals surface area contributed by atoms with Gasteiger partial charge >= 0.3 is 0 Å². The van der Waals surface area contributed by atoms with Crippen molar-refractivity contribution in [2.24, 2.45) is 11.8 Å². The lowest BCUT2D eigenvalue weighted by molar-refractivity contribution is 0.491. The van der Waals surface area contributed by atoms with Crippen LogP contribution in [0, 0.1) is 12.8 Å². The molecule has 0 bridgehead atoms. The highest BCUT2D eigenvalue weighted by molar-refractivity contribution is 5.21. The Labute approximate surface area is 77.5 Å². The molecule has 13 heavy (non-hydrogen) atoms. The molecule has 0 radical (unpaired) electrons. The van der Waals surface area contributed by atoms with Gasteiger partial charge in [0, 0.05) is 17.5 Å². The van der Waals surface area contributed by atoms with Gasteiger partial charge in [0.25, 0.3) is 0 Å². The van der Waals surface area contributed by atoms with Crippen LogP contribution in [0.5, 0.6) is 0 Å². The maximum Gasteiger partial charge on any atom is 0.115 e. The van der Waals surface area contributed by atoms with E-state index in [1.54, 1.807) is 6.33 Å². The molecule has 1 fully saturated rings. The third kappa shape index (κ3) is 1.68. The zero-order valence-electron chi connectivity index (χ0n) is 7.70. The maximum absolute atomic E-state index is 5.51. The van der Waals surface area contributed by atoms with Crippen LogP contribution in [0.2, 0.25) is 0 Å². The summed E-state index contributed by atoms with van der Waals surface area (Å²) in [7, 11) is 0. The molecule has 1 aromatic rings. The summed E-state index contributed by atoms with van der Waals surface area (Å²) in [5.41, 5.74) is 4.99. The molecule has 4 heteroatoms. The molecule has 1 aliphatic rings. The maximum atomic E-state index is 5.51. The first kappa shape index (κ1) is 8.59. The van der Waals surface area contributed by atoms with E-state index in [-0.39, 0.29) is 6.04 Å². The lowest BCUT2D eigenvalue weighted by atomic mass is 10.0. The van der Waals surface area contributed by atoms with E-state index >= 15 is 0 Å². The minimum absolute atomic E-state index is 0.237. The molecule has 2 rings (SSSR count). The quantitative estimate of drug-likeness (QED) is 0.528. The lowest BCUT2D eigenvalue weighted by Crippen LogP contribution is -2.30. The fourth-order valence-corrected chi connectivity index (χ4v) is 1.62. The van der Waals surface area contributed by atoms with Gasteiger partial charge in [-0.3, -0.25) is 11.3 Å². The van der Waals surface area contributed by atoms with Gasteiger partial charge in [-0.1, -0.05) is 0 Å². The Morgan fingerprint density at radius 1 is 1.62 bits per heavy atom. The normalized spacial score (nSPS) is 18.6. The van der Waals surface area contributed by atoms with E-state index in [2.05, 4.69) is 15.4 Å². The molecule has 0 saturated heterocycles. The molecular formula is C9H14N4. The molecule has 1 aromatic heterocycles. The van der Waals surface area contributed by atoms with Crippen LogP contribution in [0.3, 0.4) is 0 Å². The summed E-state index contributed by atoms with van der Waals surface area (Å²) in [5.74, 6) is 6.18. The van der Waals surface area contributed by atoms with Crippen molar-refractivity contribution in [1.29, 1.82) is 0 Å². The van der Waals surface area contributed by atoms with Gasteiger partial charge in [-0.05, 0) is 25.7 Å². The third-order valence-corrected chi connectivity index (χ3v) is 2.56. The summed E-state index contributed by atoms with van der Waals surface area (Å²) in [6.07, 6.45) is 5.93. The fraction of sp³-hybridized carbons (Fsp3) is 0.556. The number of aromatic nitrogens is 2. The number of hydrogen-bond acceptors (Lipinski definition) is 4. The van der Waals surface area contributed by atoms with Crippen LogP contribution in [-0.2, 0) is 0 Å². The SMILES string of the molecule is Cc1ncncc1C(NN)C1CC1. The van der Waals surface area contributed by atoms with E-state index in [0.29, 0.717) is 5.92 Å². The van der Waals surface area contributed by atoms with Crippen molar-refractivity contribution in [2.45, 2.75) is 25.8 Å². The molecule has 0 amide bonds. The first-order chi connectivity index (χ1) is 6.33. The molecule has 4 nitrogen and oxygen atoms in total. The number of hydrogen-bond donors (Lipinski definition) is 2. The van der Waals surface area contributed by atoms with Gasteiger partial charge < -0.3 is 0 Å². The van der Waals surface area contributed by atoms with Gasteiger partial charge in [0.05, 0.1) is 6.04 Å². The predicted molar refractivity (Wildman–Crippen MR) is 49.6 cm³/mol. The third-order valence-electron chi connectivity index (χ3n) is 2.56. The van der Waals surface area contributed by atoms with E-state index in [1.807, 2.05) is 13.1 Å². The van der Waals surface area contributed by atoms with Crippen molar-refractivity contribution in [2.75, 3.05) is 0 Å². The van der Waals surface area contributed by atoms with Crippen molar-refractivity contribution >= 4 is 0 Å². The predicted octanol–water partition coefficient (Wildman–Crippen LogP) is 0.699. The van der Waals surface area contributed by atoms with Gasteiger partial charge in [0.1, 0.15) is 6.33 Å². The Bertz CT molecular complexity index is 295. The summed E-state index contributed by atoms with van der Waals surface area (Å²) in [6.45, 7) is 1.99. The Morgan fingerprint density at radius 3 is 2.92 bits per heavy atom. The van der Waals surface area contributed by atoms with Crippen molar-refractivity contribution in [3.8, 4) is 0 Å². The van der Waals surface area contributed by atoms with Crippen molar-refractivity contribution in [3.05, 3.63) is 23.8 Å². The van der Waals surface area contributed by atoms with E-state index in [9.17, 15) is 0 Å². The molecule has 1 saturated carbocycles. The summed E-state index contributed by atoms with van der Waals surface area (Å²) >= 11 is 0. The summed E-state index contributed by atoms with van der Waals surface area (Å²) in [6, 6.07) is 0.237. The number of nitrogens with zero attached hydrogens (tertiary/aromatic N) is 2. The highest BCUT2D eigenvalue weighted by Crippen LogP contribution is 2.40. The Morgan fingerprint density at radius 2 is 2.38 bits per heavy atom. The van der Waals surface area contributed by atoms with Crippen molar-refractivity contribution in [3.63, 3.8) is 0 Å². The smallest absolute Gasteiger partial charge is 0.115 e. The lowest BCUT2D eigenvalue weighted by Gasteiger charge is -2.16. The van der Waals surface area contributed by atoms with E-state index in [1.165, 1.54) is 12.8 Å². The van der Waals surface area contributed by atoms with Gasteiger partial charge in [0.2, 0.25) is 0 Å². The molecule has 1 aliphatic carbocycles. The average Bonchev–Trinajstić information content (AvgIpc) is 2.93. The second-order valence-electron chi connectivity index (χ2n) is 3.55. The highest BCUT2D eigenvalue weighted by atomic mass is 15.2. The highest BCUT2D eigenvalue weighted by Gasteiger charge is 2.32. The molecule has 1 atom stereocenters. The van der Waals surface area contributed by atoms with Crippen LogP contribution in [0.4, 0.5) is 0 Å². The number of nitrogens with one attached hydrogen (secondary N) is 1. The van der Waals surface area contributed by atoms with E-state index in [0.717, 1.165) is 11.3 Å². The molecule has 0 aromatic carbocycles. The monoisotopic (exact) mass is 178 g/mol. The molecule has 3 N–H and O–H groups in total. The second-order valence-corrected chi connectivity index (χ2v) is 3.55. The van der Waals surface area contributed by atoms with Crippen molar-refractivity contribution < 1.29 is 0 Å². The molecule has 1 heterocycles. The van der Waals surface area contributed by atoms with Crippen LogP contribution in [-0.4, -0.2) is 9.97 Å². The molecule has 0 aliphatic heterocycles. The molecule has 0 spiro atoms. The number of aryl methyl sites for hydroxylation is 1. The average molecular weight is 178 g/mol. The molecular weight excluding hydrogens is 164 g/mol. The van der Waals surface area contributed by atoms with Crippen molar-refractivity contribution in [1.82, 2.24) is 15.4 Å². The summed E-state index contributed by atoms with van der Waals surface area (Å²) in [4.78, 5) is 8.17. The minimum Gasteiger partial charge on any atom is -0.271 e. The van der Waals surface area contributed by atoms with Crippen LogP contribution >= 0.6 is 0 Å². The van der Waals surface area contributed by atoms with Crippen LogP contribution in [0.25, 0.3) is 0 Å². The Hall–Kier alpha value is -1.00. The zero-order valence-corrected chi connectivity index (χ0v) is 7.70. The topological polar surface area (TPSA) is 63.8 Å². The van der Waals surface area contributed by atoms with E-state index < -0.39 is 0 Å². The van der Waals surface area contributed by atoms with E-state index in [4.69, 9.17) is 5.84 Å². The number of rotatable bonds is 3. The minimum atomic E-state index is 0.237. The Balaban J connectivity index is 2.26. The first-order valence-corrected chi connectivity index (χ1v) is 4.55. The van der Waals surface area contributed by atoms with Gasteiger partial charge in [-0.2, -0.15) is 0 Å². The number of hydrazine groups is 1. The molecule has 70 valence electrons. The first-order valence-electron chi connectivity index (χ1n) is 4.55. The Kier molecular flexibility index (Phi) is 2.24. The standard InChI is InChI=1S/C9H14N4/c1-6-8(4-11-5-12-6)9(13-10)7-2-3-7/h4-5,7,9,13H,2-3,10H2,1H3. The van der Waals surface area contributed by atoms with Gasteiger partial charge in [0.15, 0.2) is 0 Å². The second kappa shape index (κ2) is 3.40.